The van der Waals surface area contributed by atoms with E-state index in [1.54, 1.807) is 0 Å². The van der Waals surface area contributed by atoms with Crippen LogP contribution in [-0.2, 0) is 4.74 Å². The number of nitrogens with one attached hydrogen (secondary N) is 1. The molecule has 0 saturated carbocycles. The van der Waals surface area contributed by atoms with E-state index in [0.717, 1.165) is 12.8 Å². The predicted molar refractivity (Wildman–Crippen MR) is 69.1 cm³/mol. The number of ether oxygens (including phenoxy) is 1. The van der Waals surface area contributed by atoms with Gasteiger partial charge in [0.15, 0.2) is 0 Å². The summed E-state index contributed by atoms with van der Waals surface area (Å²) in [6.07, 6.45) is 1.78. The van der Waals surface area contributed by atoms with Gasteiger partial charge in [-0.3, -0.25) is 14.9 Å². The third-order valence-electron chi connectivity index (χ3n) is 3.00. The Labute approximate surface area is 109 Å². The van der Waals surface area contributed by atoms with Crippen LogP contribution in [0.25, 0.3) is 0 Å². The van der Waals surface area contributed by atoms with Gasteiger partial charge in [-0.2, -0.15) is 0 Å². The molecule has 0 bridgehead atoms. The number of nitrogens with zero attached hydrogens (tertiary/aromatic N) is 1. The van der Waals surface area contributed by atoms with E-state index < -0.39 is 10.8 Å². The van der Waals surface area contributed by atoms with Gasteiger partial charge in [0.1, 0.15) is 5.69 Å². The first-order valence-corrected chi connectivity index (χ1v) is 6.00. The molecule has 2 rings (SSSR count). The number of rotatable bonds is 4. The van der Waals surface area contributed by atoms with Gasteiger partial charge in [0, 0.05) is 24.3 Å². The number of nitrogens with two attached hydrogens (primary N) is 1. The number of benzene rings is 1. The highest BCUT2D eigenvalue weighted by molar-refractivity contribution is 5.94. The topological polar surface area (TPSA) is 107 Å². The summed E-state index contributed by atoms with van der Waals surface area (Å²) in [6, 6.07) is 4.06. The summed E-state index contributed by atoms with van der Waals surface area (Å²) in [5.74, 6) is -0.613. The lowest BCUT2D eigenvalue weighted by Gasteiger charge is -2.24. The molecule has 19 heavy (non-hydrogen) atoms. The highest BCUT2D eigenvalue weighted by Crippen LogP contribution is 2.27. The molecule has 1 aromatic carbocycles. The second kappa shape index (κ2) is 5.66. The summed E-state index contributed by atoms with van der Waals surface area (Å²) in [5, 5.41) is 14.0. The Balaban J connectivity index is 2.26. The fourth-order valence-corrected chi connectivity index (χ4v) is 2.04. The van der Waals surface area contributed by atoms with Crippen molar-refractivity contribution < 1.29 is 14.5 Å². The quantitative estimate of drug-likeness (QED) is 0.630. The molecule has 7 heteroatoms. The van der Waals surface area contributed by atoms with E-state index in [0.29, 0.717) is 18.9 Å². The lowest BCUT2D eigenvalue weighted by atomic mass is 10.1. The van der Waals surface area contributed by atoms with Crippen LogP contribution >= 0.6 is 0 Å². The maximum absolute atomic E-state index is 11.1. The molecule has 0 aliphatic carbocycles. The summed E-state index contributed by atoms with van der Waals surface area (Å²) in [5.41, 5.74) is 5.65. The summed E-state index contributed by atoms with van der Waals surface area (Å²) in [6.45, 7) is 1.21. The van der Waals surface area contributed by atoms with Crippen molar-refractivity contribution in [3.05, 3.63) is 33.9 Å². The van der Waals surface area contributed by atoms with E-state index in [1.165, 1.54) is 18.2 Å². The zero-order valence-electron chi connectivity index (χ0n) is 10.3. The Morgan fingerprint density at radius 3 is 2.89 bits per heavy atom. The monoisotopic (exact) mass is 265 g/mol. The highest BCUT2D eigenvalue weighted by atomic mass is 16.6. The summed E-state index contributed by atoms with van der Waals surface area (Å²) in [7, 11) is 0. The Bertz CT molecular complexity index is 498. The van der Waals surface area contributed by atoms with Gasteiger partial charge in [-0.05, 0) is 25.0 Å². The third kappa shape index (κ3) is 3.19. The molecule has 1 fully saturated rings. The minimum absolute atomic E-state index is 0.00979. The molecule has 1 aromatic rings. The number of hydrogen-bond acceptors (Lipinski definition) is 5. The first-order chi connectivity index (χ1) is 9.08. The lowest BCUT2D eigenvalue weighted by Crippen LogP contribution is -2.30. The van der Waals surface area contributed by atoms with Gasteiger partial charge in [0.2, 0.25) is 5.91 Å². The molecular formula is C12H15N3O4. The average Bonchev–Trinajstić information content (AvgIpc) is 2.39. The van der Waals surface area contributed by atoms with E-state index in [9.17, 15) is 14.9 Å². The molecule has 3 N–H and O–H groups in total. The number of nitro groups is 1. The Hall–Kier alpha value is -2.15. The standard InChI is InChI=1S/C12H15N3O4/c13-12(16)8-3-4-11(15(17)18)10(6-8)14-9-2-1-5-19-7-9/h3-4,6,9,14H,1-2,5,7H2,(H2,13,16). The minimum Gasteiger partial charge on any atom is -0.379 e. The van der Waals surface area contributed by atoms with Crippen LogP contribution in [0.1, 0.15) is 23.2 Å². The van der Waals surface area contributed by atoms with Crippen molar-refractivity contribution in [2.45, 2.75) is 18.9 Å². The molecular weight excluding hydrogens is 250 g/mol. The Morgan fingerprint density at radius 2 is 2.32 bits per heavy atom. The zero-order chi connectivity index (χ0) is 13.8. The molecule has 1 unspecified atom stereocenters. The second-order valence-electron chi connectivity index (χ2n) is 4.41. The van der Waals surface area contributed by atoms with E-state index in [1.807, 2.05) is 0 Å². The van der Waals surface area contributed by atoms with Crippen LogP contribution in [0.3, 0.4) is 0 Å². The van der Waals surface area contributed by atoms with Crippen LogP contribution in [0.2, 0.25) is 0 Å². The van der Waals surface area contributed by atoms with E-state index in [-0.39, 0.29) is 17.3 Å². The summed E-state index contributed by atoms with van der Waals surface area (Å²) in [4.78, 5) is 21.6. The molecule has 0 radical (unpaired) electrons. The Morgan fingerprint density at radius 1 is 1.53 bits per heavy atom. The molecule has 1 heterocycles. The minimum atomic E-state index is -0.613. The van der Waals surface area contributed by atoms with Gasteiger partial charge < -0.3 is 15.8 Å². The first-order valence-electron chi connectivity index (χ1n) is 6.00. The first kappa shape index (κ1) is 13.3. The molecule has 0 spiro atoms. The van der Waals surface area contributed by atoms with Gasteiger partial charge >= 0.3 is 0 Å². The van der Waals surface area contributed by atoms with Crippen molar-refractivity contribution in [1.82, 2.24) is 0 Å². The van der Waals surface area contributed by atoms with Gasteiger partial charge in [-0.1, -0.05) is 0 Å². The van der Waals surface area contributed by atoms with Crippen LogP contribution in [-0.4, -0.2) is 30.1 Å². The van der Waals surface area contributed by atoms with Crippen molar-refractivity contribution in [3.63, 3.8) is 0 Å². The molecule has 1 saturated heterocycles. The molecule has 0 aromatic heterocycles. The van der Waals surface area contributed by atoms with Gasteiger partial charge in [0.25, 0.3) is 5.69 Å². The number of amides is 1. The number of nitro benzene ring substituents is 1. The van der Waals surface area contributed by atoms with Gasteiger partial charge in [-0.25, -0.2) is 0 Å². The molecule has 7 nitrogen and oxygen atoms in total. The van der Waals surface area contributed by atoms with Crippen molar-refractivity contribution in [1.29, 1.82) is 0 Å². The van der Waals surface area contributed by atoms with Crippen LogP contribution in [0.5, 0.6) is 0 Å². The molecule has 1 aliphatic rings. The van der Waals surface area contributed by atoms with Crippen LogP contribution in [0.4, 0.5) is 11.4 Å². The number of hydrogen-bond donors (Lipinski definition) is 2. The number of carbonyl (C=O) groups is 1. The van der Waals surface area contributed by atoms with Crippen molar-refractivity contribution in [2.75, 3.05) is 18.5 Å². The average molecular weight is 265 g/mol. The van der Waals surface area contributed by atoms with E-state index in [4.69, 9.17) is 10.5 Å². The number of carbonyl (C=O) groups excluding carboxylic acids is 1. The summed E-state index contributed by atoms with van der Waals surface area (Å²) >= 11 is 0. The molecule has 1 atom stereocenters. The third-order valence-corrected chi connectivity index (χ3v) is 3.00. The van der Waals surface area contributed by atoms with E-state index >= 15 is 0 Å². The van der Waals surface area contributed by atoms with E-state index in [2.05, 4.69) is 5.32 Å². The largest absolute Gasteiger partial charge is 0.379 e. The summed E-state index contributed by atoms with van der Waals surface area (Å²) < 4.78 is 5.31. The zero-order valence-corrected chi connectivity index (χ0v) is 10.3. The maximum atomic E-state index is 11.1. The fraction of sp³-hybridized carbons (Fsp3) is 0.417. The van der Waals surface area contributed by atoms with Gasteiger partial charge in [-0.15, -0.1) is 0 Å². The smallest absolute Gasteiger partial charge is 0.292 e. The lowest BCUT2D eigenvalue weighted by molar-refractivity contribution is -0.384. The molecule has 102 valence electrons. The Kier molecular flexibility index (Phi) is 3.96. The van der Waals surface area contributed by atoms with Crippen molar-refractivity contribution in [2.24, 2.45) is 5.73 Å². The second-order valence-corrected chi connectivity index (χ2v) is 4.41. The molecule has 1 amide bonds. The SMILES string of the molecule is NC(=O)c1ccc([N+](=O)[O-])c(NC2CCCOC2)c1. The molecule has 1 aliphatic heterocycles. The van der Waals surface area contributed by atoms with Crippen LogP contribution in [0, 0.1) is 10.1 Å². The number of primary amides is 1. The normalized spacial score (nSPS) is 18.8. The highest BCUT2D eigenvalue weighted by Gasteiger charge is 2.20. The number of anilines is 1. The van der Waals surface area contributed by atoms with Gasteiger partial charge in [0.05, 0.1) is 11.5 Å². The van der Waals surface area contributed by atoms with Crippen molar-refractivity contribution >= 4 is 17.3 Å². The fourth-order valence-electron chi connectivity index (χ4n) is 2.04. The predicted octanol–water partition coefficient (Wildman–Crippen LogP) is 1.28. The van der Waals surface area contributed by atoms with Crippen molar-refractivity contribution in [3.8, 4) is 0 Å². The maximum Gasteiger partial charge on any atom is 0.292 e. The van der Waals surface area contributed by atoms with Crippen LogP contribution < -0.4 is 11.1 Å². The van der Waals surface area contributed by atoms with Crippen LogP contribution in [0.15, 0.2) is 18.2 Å².